The van der Waals surface area contributed by atoms with Crippen LogP contribution in [-0.4, -0.2) is 28.3 Å². The van der Waals surface area contributed by atoms with Gasteiger partial charge in [0.25, 0.3) is 11.2 Å². The fraction of sp³-hybridized carbons (Fsp3) is 0.267. The number of nitrogens with one attached hydrogen (secondary N) is 1. The Morgan fingerprint density at radius 1 is 1.48 bits per heavy atom. The van der Waals surface area contributed by atoms with E-state index in [1.807, 2.05) is 6.07 Å². The smallest absolute Gasteiger partial charge is 0.254 e. The Bertz CT molecular complexity index is 714. The normalized spacial score (nSPS) is 10.1. The largest absolute Gasteiger partial charge is 0.478 e. The number of aryl methyl sites for hydroxylation is 1. The molecule has 6 heteroatoms. The van der Waals surface area contributed by atoms with Gasteiger partial charge in [-0.1, -0.05) is 0 Å². The highest BCUT2D eigenvalue weighted by Gasteiger charge is 2.08. The van der Waals surface area contributed by atoms with Gasteiger partial charge in [-0.25, -0.2) is 9.83 Å². The number of rotatable bonds is 5. The molecule has 6 nitrogen and oxygen atoms in total. The van der Waals surface area contributed by atoms with Gasteiger partial charge in [-0.15, -0.1) is 0 Å². The molecular formula is C15H15N3O3. The van der Waals surface area contributed by atoms with Crippen LogP contribution in [0.3, 0.4) is 0 Å². The lowest BCUT2D eigenvalue weighted by Gasteiger charge is -2.08. The molecule has 0 atom stereocenters. The molecule has 0 aromatic carbocycles. The topological polar surface area (TPSA) is 79.6 Å². The molecule has 108 valence electrons. The van der Waals surface area contributed by atoms with E-state index in [1.165, 1.54) is 0 Å². The Balaban J connectivity index is 2.27. The van der Waals surface area contributed by atoms with Gasteiger partial charge in [0.1, 0.15) is 0 Å². The van der Waals surface area contributed by atoms with Crippen LogP contribution in [0.2, 0.25) is 0 Å². The summed E-state index contributed by atoms with van der Waals surface area (Å²) in [6, 6.07) is 5.09. The van der Waals surface area contributed by atoms with Crippen molar-refractivity contribution in [1.29, 1.82) is 0 Å². The first-order valence-electron chi connectivity index (χ1n) is 6.47. The Labute approximate surface area is 121 Å². The predicted molar refractivity (Wildman–Crippen MR) is 78.5 cm³/mol. The van der Waals surface area contributed by atoms with E-state index in [0.717, 1.165) is 11.1 Å². The minimum absolute atomic E-state index is 0.0545. The molecule has 0 saturated carbocycles. The first-order valence-corrected chi connectivity index (χ1v) is 6.47. The van der Waals surface area contributed by atoms with Gasteiger partial charge in [-0.05, 0) is 24.6 Å². The summed E-state index contributed by atoms with van der Waals surface area (Å²) in [5, 5.41) is 8.69. The molecule has 0 radical (unpaired) electrons. The lowest BCUT2D eigenvalue weighted by atomic mass is 10.1. The second-order valence-corrected chi connectivity index (χ2v) is 4.44. The average molecular weight is 285 g/mol. The molecular weight excluding hydrogens is 270 g/mol. The fourth-order valence-electron chi connectivity index (χ4n) is 1.86. The van der Waals surface area contributed by atoms with Crippen molar-refractivity contribution < 1.29 is 9.84 Å². The van der Waals surface area contributed by atoms with Crippen molar-refractivity contribution in [3.8, 4) is 17.0 Å². The minimum atomic E-state index is -0.386. The van der Waals surface area contributed by atoms with E-state index in [0.29, 0.717) is 24.6 Å². The van der Waals surface area contributed by atoms with Crippen LogP contribution in [-0.2, 0) is 0 Å². The van der Waals surface area contributed by atoms with Gasteiger partial charge in [0.05, 0.1) is 13.2 Å². The summed E-state index contributed by atoms with van der Waals surface area (Å²) in [6.07, 6.45) is 2.18. The molecule has 0 fully saturated rings. The summed E-state index contributed by atoms with van der Waals surface area (Å²) in [7, 11) is 0. The zero-order valence-electron chi connectivity index (χ0n) is 11.6. The third-order valence-corrected chi connectivity index (χ3v) is 2.94. The van der Waals surface area contributed by atoms with Crippen LogP contribution in [0.5, 0.6) is 5.88 Å². The molecule has 0 unspecified atom stereocenters. The molecule has 2 aromatic rings. The summed E-state index contributed by atoms with van der Waals surface area (Å²) < 4.78 is 5.35. The zero-order chi connectivity index (χ0) is 15.2. The first-order chi connectivity index (χ1) is 10.2. The number of pyridine rings is 2. The molecule has 0 saturated heterocycles. The van der Waals surface area contributed by atoms with E-state index in [4.69, 9.17) is 16.4 Å². The lowest BCUT2D eigenvalue weighted by Crippen LogP contribution is -2.07. The highest BCUT2D eigenvalue weighted by molar-refractivity contribution is 5.69. The van der Waals surface area contributed by atoms with Crippen LogP contribution < -0.4 is 10.3 Å². The third kappa shape index (κ3) is 3.46. The number of aromatic amines is 1. The van der Waals surface area contributed by atoms with E-state index in [-0.39, 0.29) is 17.9 Å². The molecule has 2 heterocycles. The highest BCUT2D eigenvalue weighted by atomic mass is 16.5. The molecule has 2 aromatic heterocycles. The Morgan fingerprint density at radius 3 is 2.90 bits per heavy atom. The standard InChI is InChI=1S/C15H15N3O3/c1-10-12(8-13(16-2)15(20)18-10)11-4-5-14(17-9-11)21-7-3-6-19/h4-5,8-9,19H,3,6-7H2,1H3,(H,18,20). The summed E-state index contributed by atoms with van der Waals surface area (Å²) in [5.74, 6) is 0.472. The molecule has 2 N–H and O–H groups in total. The molecule has 2 rings (SSSR count). The maximum Gasteiger partial charge on any atom is 0.254 e. The van der Waals surface area contributed by atoms with Crippen molar-refractivity contribution in [1.82, 2.24) is 9.97 Å². The third-order valence-electron chi connectivity index (χ3n) is 2.94. The maximum absolute atomic E-state index is 11.5. The molecule has 0 aliphatic carbocycles. The number of hydrogen-bond donors (Lipinski definition) is 2. The second-order valence-electron chi connectivity index (χ2n) is 4.44. The maximum atomic E-state index is 11.5. The number of nitrogens with zero attached hydrogens (tertiary/aromatic N) is 2. The lowest BCUT2D eigenvalue weighted by molar-refractivity contribution is 0.229. The summed E-state index contributed by atoms with van der Waals surface area (Å²) in [5.41, 5.74) is 1.91. The summed E-state index contributed by atoms with van der Waals surface area (Å²) >= 11 is 0. The Hall–Kier alpha value is -2.65. The number of H-pyrrole nitrogens is 1. The first kappa shape index (κ1) is 14.8. The van der Waals surface area contributed by atoms with Crippen molar-refractivity contribution in [3.63, 3.8) is 0 Å². The molecule has 21 heavy (non-hydrogen) atoms. The van der Waals surface area contributed by atoms with Gasteiger partial charge in [0, 0.05) is 36.5 Å². The van der Waals surface area contributed by atoms with Crippen molar-refractivity contribution in [3.05, 3.63) is 51.9 Å². The molecule has 0 aliphatic rings. The van der Waals surface area contributed by atoms with Crippen LogP contribution >= 0.6 is 0 Å². The van der Waals surface area contributed by atoms with Crippen molar-refractivity contribution in [2.45, 2.75) is 13.3 Å². The van der Waals surface area contributed by atoms with Gasteiger partial charge in [-0.2, -0.15) is 0 Å². The minimum Gasteiger partial charge on any atom is -0.478 e. The van der Waals surface area contributed by atoms with Crippen LogP contribution in [0.25, 0.3) is 16.0 Å². The quantitative estimate of drug-likeness (QED) is 0.651. The Kier molecular flexibility index (Phi) is 4.69. The van der Waals surface area contributed by atoms with Gasteiger partial charge in [-0.3, -0.25) is 4.79 Å². The van der Waals surface area contributed by atoms with E-state index >= 15 is 0 Å². The fourth-order valence-corrected chi connectivity index (χ4v) is 1.86. The van der Waals surface area contributed by atoms with E-state index in [2.05, 4.69) is 14.8 Å². The van der Waals surface area contributed by atoms with Crippen molar-refractivity contribution in [2.24, 2.45) is 0 Å². The highest BCUT2D eigenvalue weighted by Crippen LogP contribution is 2.24. The SMILES string of the molecule is [C-]#[N+]c1cc(-c2ccc(OCCCO)nc2)c(C)[nH]c1=O. The number of ether oxygens (including phenoxy) is 1. The zero-order valence-corrected chi connectivity index (χ0v) is 11.6. The van der Waals surface area contributed by atoms with Crippen LogP contribution in [0, 0.1) is 13.5 Å². The second kappa shape index (κ2) is 6.68. The van der Waals surface area contributed by atoms with E-state index < -0.39 is 0 Å². The molecule has 0 spiro atoms. The number of aliphatic hydroxyl groups excluding tert-OH is 1. The van der Waals surface area contributed by atoms with Crippen LogP contribution in [0.4, 0.5) is 5.69 Å². The van der Waals surface area contributed by atoms with Crippen LogP contribution in [0.15, 0.2) is 29.2 Å². The summed E-state index contributed by atoms with van der Waals surface area (Å²) in [4.78, 5) is 21.6. The van der Waals surface area contributed by atoms with Crippen molar-refractivity contribution in [2.75, 3.05) is 13.2 Å². The van der Waals surface area contributed by atoms with Gasteiger partial charge in [0.15, 0.2) is 0 Å². The monoisotopic (exact) mass is 285 g/mol. The van der Waals surface area contributed by atoms with Gasteiger partial charge in [0.2, 0.25) is 5.88 Å². The molecule has 0 aliphatic heterocycles. The number of hydrogen-bond acceptors (Lipinski definition) is 4. The summed E-state index contributed by atoms with van der Waals surface area (Å²) in [6.45, 7) is 9.25. The van der Waals surface area contributed by atoms with Gasteiger partial charge < -0.3 is 14.8 Å². The molecule has 0 amide bonds. The van der Waals surface area contributed by atoms with Crippen molar-refractivity contribution >= 4 is 5.69 Å². The number of aliphatic hydroxyl groups is 1. The van der Waals surface area contributed by atoms with Crippen LogP contribution in [0.1, 0.15) is 12.1 Å². The predicted octanol–water partition coefficient (Wildman–Crippen LogP) is 2.06. The van der Waals surface area contributed by atoms with E-state index in [9.17, 15) is 4.79 Å². The Morgan fingerprint density at radius 2 is 2.29 bits per heavy atom. The molecule has 0 bridgehead atoms. The number of aromatic nitrogens is 2. The van der Waals surface area contributed by atoms with Gasteiger partial charge >= 0.3 is 0 Å². The average Bonchev–Trinajstić information content (AvgIpc) is 2.49. The van der Waals surface area contributed by atoms with E-state index in [1.54, 1.807) is 25.3 Å².